The lowest BCUT2D eigenvalue weighted by molar-refractivity contribution is 0.263. The summed E-state index contributed by atoms with van der Waals surface area (Å²) >= 11 is 0. The standard InChI is InChI=1S/C10H23NO3S/c1-3-8-15(13,14)9-6-11-10(4-2)5-7-12/h10-12H,3-9H2,1-2H3. The highest BCUT2D eigenvalue weighted by Crippen LogP contribution is 1.97. The molecular formula is C10H23NO3S. The van der Waals surface area contributed by atoms with Crippen molar-refractivity contribution in [1.82, 2.24) is 5.32 Å². The van der Waals surface area contributed by atoms with Crippen LogP contribution in [0.15, 0.2) is 0 Å². The van der Waals surface area contributed by atoms with Gasteiger partial charge < -0.3 is 10.4 Å². The number of hydrogen-bond acceptors (Lipinski definition) is 4. The Hall–Kier alpha value is -0.130. The van der Waals surface area contributed by atoms with E-state index in [0.717, 1.165) is 6.42 Å². The third kappa shape index (κ3) is 7.76. The van der Waals surface area contributed by atoms with Crippen molar-refractivity contribution in [3.05, 3.63) is 0 Å². The van der Waals surface area contributed by atoms with Crippen LogP contribution in [0.2, 0.25) is 0 Å². The Bertz CT molecular complexity index is 239. The first-order valence-electron chi connectivity index (χ1n) is 5.60. The molecule has 0 aliphatic carbocycles. The molecule has 5 heteroatoms. The second-order valence-electron chi connectivity index (χ2n) is 3.72. The molecule has 15 heavy (non-hydrogen) atoms. The second-order valence-corrected chi connectivity index (χ2v) is 6.03. The number of aliphatic hydroxyl groups excluding tert-OH is 1. The van der Waals surface area contributed by atoms with Crippen LogP contribution in [-0.4, -0.2) is 44.2 Å². The van der Waals surface area contributed by atoms with Gasteiger partial charge in [-0.05, 0) is 19.3 Å². The van der Waals surface area contributed by atoms with Crippen LogP contribution in [0.5, 0.6) is 0 Å². The lowest BCUT2D eigenvalue weighted by atomic mass is 10.1. The van der Waals surface area contributed by atoms with Crippen LogP contribution in [0.25, 0.3) is 0 Å². The molecule has 0 aliphatic heterocycles. The van der Waals surface area contributed by atoms with Crippen LogP contribution in [0, 0.1) is 0 Å². The van der Waals surface area contributed by atoms with E-state index in [1.165, 1.54) is 0 Å². The van der Waals surface area contributed by atoms with Crippen molar-refractivity contribution in [3.63, 3.8) is 0 Å². The van der Waals surface area contributed by atoms with Crippen LogP contribution >= 0.6 is 0 Å². The lowest BCUT2D eigenvalue weighted by Gasteiger charge is -2.15. The van der Waals surface area contributed by atoms with Crippen molar-refractivity contribution in [2.75, 3.05) is 24.7 Å². The highest BCUT2D eigenvalue weighted by molar-refractivity contribution is 7.91. The van der Waals surface area contributed by atoms with Gasteiger partial charge in [0.1, 0.15) is 0 Å². The number of sulfone groups is 1. The van der Waals surface area contributed by atoms with Crippen LogP contribution in [0.1, 0.15) is 33.1 Å². The van der Waals surface area contributed by atoms with Gasteiger partial charge in [0.25, 0.3) is 0 Å². The molecule has 0 aromatic rings. The topological polar surface area (TPSA) is 66.4 Å². The maximum atomic E-state index is 11.4. The van der Waals surface area contributed by atoms with Gasteiger partial charge >= 0.3 is 0 Å². The fourth-order valence-electron chi connectivity index (χ4n) is 1.44. The first kappa shape index (κ1) is 14.9. The summed E-state index contributed by atoms with van der Waals surface area (Å²) in [5.74, 6) is 0.467. The van der Waals surface area contributed by atoms with Gasteiger partial charge in [0, 0.05) is 24.9 Å². The number of nitrogens with one attached hydrogen (secondary N) is 1. The van der Waals surface area contributed by atoms with Gasteiger partial charge in [-0.1, -0.05) is 13.8 Å². The largest absolute Gasteiger partial charge is 0.396 e. The van der Waals surface area contributed by atoms with Crippen LogP contribution in [0.4, 0.5) is 0 Å². The average molecular weight is 237 g/mol. The first-order valence-corrected chi connectivity index (χ1v) is 7.42. The van der Waals surface area contributed by atoms with Gasteiger partial charge in [0.2, 0.25) is 0 Å². The highest BCUT2D eigenvalue weighted by atomic mass is 32.2. The van der Waals surface area contributed by atoms with Crippen LogP contribution < -0.4 is 5.32 Å². The molecule has 0 heterocycles. The lowest BCUT2D eigenvalue weighted by Crippen LogP contribution is -2.33. The molecule has 0 aliphatic rings. The van der Waals surface area contributed by atoms with E-state index in [1.54, 1.807) is 0 Å². The van der Waals surface area contributed by atoms with E-state index in [4.69, 9.17) is 5.11 Å². The van der Waals surface area contributed by atoms with E-state index in [0.29, 0.717) is 19.4 Å². The summed E-state index contributed by atoms with van der Waals surface area (Å²) in [6, 6.07) is 0.229. The molecule has 0 rings (SSSR count). The van der Waals surface area contributed by atoms with E-state index in [-0.39, 0.29) is 24.2 Å². The molecule has 0 amide bonds. The highest BCUT2D eigenvalue weighted by Gasteiger charge is 2.10. The maximum Gasteiger partial charge on any atom is 0.151 e. The monoisotopic (exact) mass is 237 g/mol. The smallest absolute Gasteiger partial charge is 0.151 e. The maximum absolute atomic E-state index is 11.4. The molecule has 0 aromatic heterocycles. The van der Waals surface area contributed by atoms with E-state index in [2.05, 4.69) is 5.32 Å². The second kappa shape index (κ2) is 8.07. The van der Waals surface area contributed by atoms with Crippen LogP contribution in [0.3, 0.4) is 0 Å². The van der Waals surface area contributed by atoms with E-state index in [1.807, 2.05) is 13.8 Å². The summed E-state index contributed by atoms with van der Waals surface area (Å²) in [7, 11) is -2.88. The molecule has 0 fully saturated rings. The molecule has 92 valence electrons. The molecule has 1 atom stereocenters. The van der Waals surface area contributed by atoms with E-state index in [9.17, 15) is 8.42 Å². The zero-order chi connectivity index (χ0) is 11.7. The Kier molecular flexibility index (Phi) is 8.00. The molecule has 0 saturated carbocycles. The van der Waals surface area contributed by atoms with Gasteiger partial charge in [-0.15, -0.1) is 0 Å². The quantitative estimate of drug-likeness (QED) is 0.615. The van der Waals surface area contributed by atoms with Crippen LogP contribution in [-0.2, 0) is 9.84 Å². The third-order valence-electron chi connectivity index (χ3n) is 2.33. The Balaban J connectivity index is 3.76. The third-order valence-corrected chi connectivity index (χ3v) is 4.19. The number of aliphatic hydroxyl groups is 1. The predicted molar refractivity (Wildman–Crippen MR) is 62.7 cm³/mol. The van der Waals surface area contributed by atoms with Crippen molar-refractivity contribution >= 4 is 9.84 Å². The molecule has 0 spiro atoms. The Morgan fingerprint density at radius 3 is 2.40 bits per heavy atom. The molecule has 0 radical (unpaired) electrons. The van der Waals surface area contributed by atoms with Gasteiger partial charge in [-0.3, -0.25) is 0 Å². The normalized spacial score (nSPS) is 14.1. The zero-order valence-corrected chi connectivity index (χ0v) is 10.5. The van der Waals surface area contributed by atoms with Crippen molar-refractivity contribution in [2.45, 2.75) is 39.2 Å². The fourth-order valence-corrected chi connectivity index (χ4v) is 2.69. The number of rotatable bonds is 9. The molecular weight excluding hydrogens is 214 g/mol. The minimum absolute atomic E-state index is 0.146. The molecule has 4 nitrogen and oxygen atoms in total. The summed E-state index contributed by atoms with van der Waals surface area (Å²) in [4.78, 5) is 0. The summed E-state index contributed by atoms with van der Waals surface area (Å²) < 4.78 is 22.7. The Labute approximate surface area is 93.0 Å². The first-order chi connectivity index (χ1) is 7.05. The van der Waals surface area contributed by atoms with Crippen molar-refractivity contribution < 1.29 is 13.5 Å². The van der Waals surface area contributed by atoms with Gasteiger partial charge in [-0.25, -0.2) is 8.42 Å². The Morgan fingerprint density at radius 2 is 1.93 bits per heavy atom. The minimum atomic E-state index is -2.88. The summed E-state index contributed by atoms with van der Waals surface area (Å²) in [5, 5.41) is 11.9. The summed E-state index contributed by atoms with van der Waals surface area (Å²) in [5.41, 5.74) is 0. The predicted octanol–water partition coefficient (Wildman–Crippen LogP) is 0.562. The summed E-state index contributed by atoms with van der Waals surface area (Å²) in [6.45, 7) is 4.52. The molecule has 2 N–H and O–H groups in total. The zero-order valence-electron chi connectivity index (χ0n) is 9.70. The number of hydrogen-bond donors (Lipinski definition) is 2. The van der Waals surface area contributed by atoms with Gasteiger partial charge in [-0.2, -0.15) is 0 Å². The van der Waals surface area contributed by atoms with Gasteiger partial charge in [0.05, 0.1) is 5.75 Å². The minimum Gasteiger partial charge on any atom is -0.396 e. The summed E-state index contributed by atoms with van der Waals surface area (Å²) in [6.07, 6.45) is 2.27. The fraction of sp³-hybridized carbons (Fsp3) is 1.00. The molecule has 0 aromatic carbocycles. The van der Waals surface area contributed by atoms with E-state index >= 15 is 0 Å². The van der Waals surface area contributed by atoms with Gasteiger partial charge in [0.15, 0.2) is 9.84 Å². The van der Waals surface area contributed by atoms with Crippen molar-refractivity contribution in [2.24, 2.45) is 0 Å². The molecule has 0 saturated heterocycles. The van der Waals surface area contributed by atoms with Crippen molar-refractivity contribution in [3.8, 4) is 0 Å². The average Bonchev–Trinajstić information content (AvgIpc) is 2.16. The SMILES string of the molecule is CCCS(=O)(=O)CCNC(CC)CCO. The molecule has 0 bridgehead atoms. The molecule has 1 unspecified atom stereocenters. The Morgan fingerprint density at radius 1 is 1.27 bits per heavy atom. The van der Waals surface area contributed by atoms with E-state index < -0.39 is 9.84 Å². The van der Waals surface area contributed by atoms with Crippen molar-refractivity contribution in [1.29, 1.82) is 0 Å².